The molecule has 0 aliphatic carbocycles. The molecule has 1 N–H and O–H groups in total. The van der Waals surface area contributed by atoms with E-state index in [0.717, 1.165) is 22.4 Å². The second-order valence-electron chi connectivity index (χ2n) is 6.74. The van der Waals surface area contributed by atoms with E-state index in [4.69, 9.17) is 4.74 Å². The first-order valence-corrected chi connectivity index (χ1v) is 9.29. The van der Waals surface area contributed by atoms with Crippen molar-refractivity contribution in [3.8, 4) is 5.75 Å². The number of nitrogens with one attached hydrogen (secondary N) is 1. The van der Waals surface area contributed by atoms with E-state index < -0.39 is 4.92 Å². The minimum atomic E-state index is -0.462. The molecule has 0 unspecified atom stereocenters. The Hall–Kier alpha value is -4.00. The number of non-ortho nitro benzene ring substituents is 1. The van der Waals surface area contributed by atoms with Crippen LogP contribution in [-0.4, -0.2) is 23.7 Å². The van der Waals surface area contributed by atoms with Gasteiger partial charge in [-0.25, -0.2) is 0 Å². The van der Waals surface area contributed by atoms with Gasteiger partial charge in [0.2, 0.25) is 0 Å². The topological polar surface area (TPSA) is 93.8 Å². The molecule has 0 bridgehead atoms. The lowest BCUT2D eigenvalue weighted by molar-refractivity contribution is -0.384. The van der Waals surface area contributed by atoms with E-state index in [2.05, 4.69) is 10.3 Å². The fourth-order valence-corrected chi connectivity index (χ4v) is 2.69. The largest absolute Gasteiger partial charge is 0.484 e. The summed E-state index contributed by atoms with van der Waals surface area (Å²) in [6, 6.07) is 18.9. The third-order valence-electron chi connectivity index (χ3n) is 4.42. The van der Waals surface area contributed by atoms with Gasteiger partial charge in [0, 0.05) is 24.0 Å². The molecule has 0 saturated carbocycles. The molecule has 30 heavy (non-hydrogen) atoms. The molecule has 0 saturated heterocycles. The van der Waals surface area contributed by atoms with Crippen LogP contribution in [0.15, 0.2) is 71.7 Å². The highest BCUT2D eigenvalue weighted by Gasteiger charge is 2.06. The lowest BCUT2D eigenvalue weighted by Gasteiger charge is -2.09. The van der Waals surface area contributed by atoms with Crippen LogP contribution in [0, 0.1) is 24.0 Å². The maximum atomic E-state index is 12.1. The summed E-state index contributed by atoms with van der Waals surface area (Å²) in [5, 5.41) is 13.7. The third kappa shape index (κ3) is 5.75. The first-order valence-electron chi connectivity index (χ1n) is 9.29. The molecule has 3 aromatic rings. The molecule has 0 heterocycles. The molecule has 0 spiro atoms. The molecule has 0 aromatic heterocycles. The summed E-state index contributed by atoms with van der Waals surface area (Å²) in [6.07, 6.45) is 1.58. The second kappa shape index (κ2) is 9.47. The van der Waals surface area contributed by atoms with Crippen molar-refractivity contribution in [2.45, 2.75) is 13.8 Å². The maximum absolute atomic E-state index is 12.1. The zero-order valence-corrected chi connectivity index (χ0v) is 16.7. The molecule has 0 fully saturated rings. The van der Waals surface area contributed by atoms with E-state index in [-0.39, 0.29) is 18.2 Å². The Balaban J connectivity index is 1.60. The highest BCUT2D eigenvalue weighted by molar-refractivity contribution is 5.92. The van der Waals surface area contributed by atoms with Gasteiger partial charge in [-0.1, -0.05) is 24.3 Å². The maximum Gasteiger partial charge on any atom is 0.271 e. The number of nitro benzene ring substituents is 1. The average molecular weight is 403 g/mol. The summed E-state index contributed by atoms with van der Waals surface area (Å²) in [5.41, 5.74) is 4.19. The van der Waals surface area contributed by atoms with Crippen LogP contribution in [0.2, 0.25) is 0 Å². The van der Waals surface area contributed by atoms with Crippen LogP contribution in [0.3, 0.4) is 0 Å². The number of rotatable bonds is 7. The van der Waals surface area contributed by atoms with Gasteiger partial charge in [0.25, 0.3) is 11.6 Å². The minimum Gasteiger partial charge on any atom is -0.484 e. The predicted octanol–water partition coefficient (Wildman–Crippen LogP) is 4.98. The Morgan fingerprint density at radius 2 is 1.87 bits per heavy atom. The van der Waals surface area contributed by atoms with Gasteiger partial charge in [0.15, 0.2) is 6.61 Å². The number of aliphatic imine (C=N–C) groups is 1. The van der Waals surface area contributed by atoms with Crippen LogP contribution in [0.1, 0.15) is 16.7 Å². The monoisotopic (exact) mass is 403 g/mol. The summed E-state index contributed by atoms with van der Waals surface area (Å²) in [5.74, 6) is 0.266. The molecule has 3 aromatic carbocycles. The van der Waals surface area contributed by atoms with Crippen LogP contribution in [0.25, 0.3) is 0 Å². The molecule has 0 aliphatic heterocycles. The number of ether oxygens (including phenoxy) is 1. The normalized spacial score (nSPS) is 10.7. The molecule has 0 aliphatic rings. The molecule has 152 valence electrons. The van der Waals surface area contributed by atoms with E-state index >= 15 is 0 Å². The Labute approximate surface area is 174 Å². The predicted molar refractivity (Wildman–Crippen MR) is 117 cm³/mol. The average Bonchev–Trinajstić information content (AvgIpc) is 2.74. The molecule has 1 amide bonds. The van der Waals surface area contributed by atoms with Crippen molar-refractivity contribution in [2.24, 2.45) is 4.99 Å². The van der Waals surface area contributed by atoms with Crippen molar-refractivity contribution in [3.63, 3.8) is 0 Å². The van der Waals surface area contributed by atoms with E-state index in [9.17, 15) is 14.9 Å². The number of hydrogen-bond acceptors (Lipinski definition) is 5. The zero-order chi connectivity index (χ0) is 21.5. The number of aryl methyl sites for hydroxylation is 2. The Kier molecular flexibility index (Phi) is 6.54. The number of nitrogens with zero attached hydrogens (tertiary/aromatic N) is 2. The van der Waals surface area contributed by atoms with E-state index in [1.807, 2.05) is 38.1 Å². The summed E-state index contributed by atoms with van der Waals surface area (Å²) in [6.45, 7) is 3.87. The first-order chi connectivity index (χ1) is 14.4. The van der Waals surface area contributed by atoms with E-state index in [1.165, 1.54) is 12.1 Å². The van der Waals surface area contributed by atoms with Crippen molar-refractivity contribution < 1.29 is 14.5 Å². The summed E-state index contributed by atoms with van der Waals surface area (Å²) < 4.78 is 5.57. The Bertz CT molecular complexity index is 1110. The zero-order valence-electron chi connectivity index (χ0n) is 16.7. The van der Waals surface area contributed by atoms with Gasteiger partial charge < -0.3 is 10.1 Å². The first kappa shape index (κ1) is 20.7. The van der Waals surface area contributed by atoms with Crippen LogP contribution in [0.5, 0.6) is 5.75 Å². The fraction of sp³-hybridized carbons (Fsp3) is 0.130. The quantitative estimate of drug-likeness (QED) is 0.342. The second-order valence-corrected chi connectivity index (χ2v) is 6.74. The molecular weight excluding hydrogens is 382 g/mol. The number of carbonyl (C=O) groups excluding carboxylic acids is 1. The minimum absolute atomic E-state index is 0.0171. The summed E-state index contributed by atoms with van der Waals surface area (Å²) in [7, 11) is 0. The third-order valence-corrected chi connectivity index (χ3v) is 4.42. The van der Waals surface area contributed by atoms with E-state index in [1.54, 1.807) is 36.5 Å². The lowest BCUT2D eigenvalue weighted by Crippen LogP contribution is -2.20. The molecule has 7 heteroatoms. The van der Waals surface area contributed by atoms with Crippen molar-refractivity contribution >= 4 is 29.2 Å². The van der Waals surface area contributed by atoms with Crippen molar-refractivity contribution in [3.05, 3.63) is 93.5 Å². The highest BCUT2D eigenvalue weighted by Crippen LogP contribution is 2.20. The number of amides is 1. The highest BCUT2D eigenvalue weighted by atomic mass is 16.6. The van der Waals surface area contributed by atoms with E-state index in [0.29, 0.717) is 11.4 Å². The van der Waals surface area contributed by atoms with Gasteiger partial charge in [-0.3, -0.25) is 19.9 Å². The van der Waals surface area contributed by atoms with Crippen molar-refractivity contribution in [1.29, 1.82) is 0 Å². The van der Waals surface area contributed by atoms with Gasteiger partial charge in [0.1, 0.15) is 5.75 Å². The SMILES string of the molecule is Cc1ccc(NC(=O)COc2cccc(C=Nc3cccc([N+](=O)[O-])c3)c2)cc1C. The number of hydrogen-bond donors (Lipinski definition) is 1. The molecule has 7 nitrogen and oxygen atoms in total. The lowest BCUT2D eigenvalue weighted by atomic mass is 10.1. The van der Waals surface area contributed by atoms with Crippen LogP contribution in [0.4, 0.5) is 17.1 Å². The van der Waals surface area contributed by atoms with Crippen molar-refractivity contribution in [1.82, 2.24) is 0 Å². The molecule has 0 radical (unpaired) electrons. The van der Waals surface area contributed by atoms with Crippen LogP contribution in [-0.2, 0) is 4.79 Å². The van der Waals surface area contributed by atoms with Gasteiger partial charge in [-0.05, 0) is 60.9 Å². The van der Waals surface area contributed by atoms with Crippen LogP contribution < -0.4 is 10.1 Å². The molecule has 3 rings (SSSR count). The molecule has 0 atom stereocenters. The van der Waals surface area contributed by atoms with Gasteiger partial charge >= 0.3 is 0 Å². The number of carbonyl (C=O) groups is 1. The van der Waals surface area contributed by atoms with Gasteiger partial charge in [0.05, 0.1) is 10.6 Å². The Morgan fingerprint density at radius 1 is 1.07 bits per heavy atom. The van der Waals surface area contributed by atoms with Crippen molar-refractivity contribution in [2.75, 3.05) is 11.9 Å². The Morgan fingerprint density at radius 3 is 2.63 bits per heavy atom. The van der Waals surface area contributed by atoms with Gasteiger partial charge in [-0.15, -0.1) is 0 Å². The standard InChI is InChI=1S/C23H21N3O4/c1-16-9-10-20(11-17(16)2)25-23(27)15-30-22-8-3-5-18(12-22)14-24-19-6-4-7-21(13-19)26(28)29/h3-14H,15H2,1-2H3,(H,25,27). The van der Waals surface area contributed by atoms with Gasteiger partial charge in [-0.2, -0.15) is 0 Å². The smallest absolute Gasteiger partial charge is 0.271 e. The van der Waals surface area contributed by atoms with Crippen LogP contribution >= 0.6 is 0 Å². The number of anilines is 1. The summed E-state index contributed by atoms with van der Waals surface area (Å²) in [4.78, 5) is 26.8. The molecular formula is C23H21N3O4. The fourth-order valence-electron chi connectivity index (χ4n) is 2.69. The number of benzene rings is 3. The summed E-state index contributed by atoms with van der Waals surface area (Å²) >= 11 is 0. The number of nitro groups is 1.